The number of unbranched alkanes of at least 4 members (excludes halogenated alkanes) is 2. The average molecular weight is 522 g/mol. The molecule has 0 fully saturated rings. The van der Waals surface area contributed by atoms with E-state index in [-0.39, 0.29) is 18.1 Å². The number of nitrogens with zero attached hydrogens (tertiary/aromatic N) is 3. The standard InChI is InChI=1S/C28H32ClN5O3/c1-2-3-4-16-33-25(21-5-7-22(8-6-21)27(37)31-14-13-30-15-17-35)18-26(36)34-19-24(32-28(33)34)20-9-11-23(29)12-10-20/h5-12,18-19,30,35H,2-4,13-17H2,1H3,(H,31,37). The minimum Gasteiger partial charge on any atom is -0.395 e. The van der Waals surface area contributed by atoms with Crippen LogP contribution in [0.5, 0.6) is 0 Å². The summed E-state index contributed by atoms with van der Waals surface area (Å²) in [5.41, 5.74) is 3.57. The first kappa shape index (κ1) is 26.6. The zero-order chi connectivity index (χ0) is 26.2. The first-order valence-corrected chi connectivity index (χ1v) is 13.0. The Morgan fingerprint density at radius 3 is 2.43 bits per heavy atom. The van der Waals surface area contributed by atoms with Crippen molar-refractivity contribution in [3.63, 3.8) is 0 Å². The van der Waals surface area contributed by atoms with Gasteiger partial charge >= 0.3 is 0 Å². The summed E-state index contributed by atoms with van der Waals surface area (Å²) in [6.07, 6.45) is 4.87. The van der Waals surface area contributed by atoms with Crippen molar-refractivity contribution in [2.75, 3.05) is 26.2 Å². The molecule has 0 saturated heterocycles. The molecule has 0 bridgehead atoms. The summed E-state index contributed by atoms with van der Waals surface area (Å²) in [6.45, 7) is 4.47. The van der Waals surface area contributed by atoms with E-state index in [4.69, 9.17) is 21.7 Å². The van der Waals surface area contributed by atoms with Gasteiger partial charge in [-0.15, -0.1) is 0 Å². The number of hydrogen-bond donors (Lipinski definition) is 3. The molecule has 2 aromatic heterocycles. The molecule has 0 spiro atoms. The van der Waals surface area contributed by atoms with Gasteiger partial charge < -0.3 is 20.3 Å². The van der Waals surface area contributed by atoms with Crippen LogP contribution in [-0.4, -0.2) is 51.2 Å². The number of carbonyl (C=O) groups is 1. The van der Waals surface area contributed by atoms with Crippen LogP contribution in [0.2, 0.25) is 5.02 Å². The maximum atomic E-state index is 13.1. The number of halogens is 1. The van der Waals surface area contributed by atoms with Crippen LogP contribution in [-0.2, 0) is 6.54 Å². The number of imidazole rings is 1. The normalized spacial score (nSPS) is 11.2. The summed E-state index contributed by atoms with van der Waals surface area (Å²) in [5.74, 6) is 0.412. The van der Waals surface area contributed by atoms with E-state index in [2.05, 4.69) is 22.1 Å². The van der Waals surface area contributed by atoms with Gasteiger partial charge in [0.2, 0.25) is 5.78 Å². The van der Waals surface area contributed by atoms with Gasteiger partial charge in [-0.1, -0.05) is 55.6 Å². The van der Waals surface area contributed by atoms with Gasteiger partial charge in [0.05, 0.1) is 18.0 Å². The van der Waals surface area contributed by atoms with E-state index in [1.807, 2.05) is 36.4 Å². The van der Waals surface area contributed by atoms with Gasteiger partial charge in [-0.3, -0.25) is 14.0 Å². The Balaban J connectivity index is 1.66. The van der Waals surface area contributed by atoms with Gasteiger partial charge in [0.1, 0.15) is 0 Å². The third-order valence-electron chi connectivity index (χ3n) is 6.16. The number of aromatic nitrogens is 3. The van der Waals surface area contributed by atoms with Gasteiger partial charge in [0, 0.05) is 54.6 Å². The van der Waals surface area contributed by atoms with Crippen LogP contribution in [0.25, 0.3) is 28.3 Å². The second-order valence-corrected chi connectivity index (χ2v) is 9.27. The maximum absolute atomic E-state index is 13.1. The van der Waals surface area contributed by atoms with Crippen LogP contribution in [0.1, 0.15) is 36.5 Å². The number of aliphatic hydroxyl groups is 1. The molecule has 3 N–H and O–H groups in total. The fourth-order valence-corrected chi connectivity index (χ4v) is 4.32. The molecule has 194 valence electrons. The van der Waals surface area contributed by atoms with Crippen molar-refractivity contribution in [1.29, 1.82) is 0 Å². The Morgan fingerprint density at radius 2 is 1.73 bits per heavy atom. The number of aliphatic hydroxyl groups excluding tert-OH is 1. The Morgan fingerprint density at radius 1 is 1.00 bits per heavy atom. The van der Waals surface area contributed by atoms with Gasteiger partial charge in [-0.25, -0.2) is 4.98 Å². The van der Waals surface area contributed by atoms with Crippen molar-refractivity contribution in [2.45, 2.75) is 32.7 Å². The summed E-state index contributed by atoms with van der Waals surface area (Å²) in [4.78, 5) is 30.5. The summed E-state index contributed by atoms with van der Waals surface area (Å²) < 4.78 is 3.67. The van der Waals surface area contributed by atoms with Crippen LogP contribution in [0.3, 0.4) is 0 Å². The summed E-state index contributed by atoms with van der Waals surface area (Å²) in [5, 5.41) is 15.3. The molecule has 9 heteroatoms. The van der Waals surface area contributed by atoms with E-state index >= 15 is 0 Å². The monoisotopic (exact) mass is 521 g/mol. The van der Waals surface area contributed by atoms with E-state index < -0.39 is 0 Å². The third-order valence-corrected chi connectivity index (χ3v) is 6.41. The molecule has 0 unspecified atom stereocenters. The van der Waals surface area contributed by atoms with Crippen LogP contribution in [0.4, 0.5) is 0 Å². The largest absolute Gasteiger partial charge is 0.395 e. The number of benzene rings is 2. The molecule has 0 aliphatic heterocycles. The lowest BCUT2D eigenvalue weighted by Gasteiger charge is -2.15. The van der Waals surface area contributed by atoms with Crippen LogP contribution in [0, 0.1) is 0 Å². The van der Waals surface area contributed by atoms with E-state index in [0.29, 0.717) is 48.2 Å². The number of rotatable bonds is 12. The zero-order valence-electron chi connectivity index (χ0n) is 20.9. The predicted molar refractivity (Wildman–Crippen MR) is 147 cm³/mol. The SMILES string of the molecule is CCCCCn1c(-c2ccc(C(=O)NCCNCCO)cc2)cc(=O)n2cc(-c3ccc(Cl)cc3)nc12. The molecule has 2 heterocycles. The number of hydrogen-bond acceptors (Lipinski definition) is 5. The van der Waals surface area contributed by atoms with Gasteiger partial charge in [0.25, 0.3) is 11.5 Å². The highest BCUT2D eigenvalue weighted by molar-refractivity contribution is 6.30. The number of carbonyl (C=O) groups excluding carboxylic acids is 1. The first-order valence-electron chi connectivity index (χ1n) is 12.6. The van der Waals surface area contributed by atoms with Crippen LogP contribution >= 0.6 is 11.6 Å². The molecule has 4 rings (SSSR count). The quantitative estimate of drug-likeness (QED) is 0.245. The number of fused-ring (bicyclic) bond motifs is 1. The van der Waals surface area contributed by atoms with Crippen molar-refractivity contribution < 1.29 is 9.90 Å². The maximum Gasteiger partial charge on any atom is 0.259 e. The van der Waals surface area contributed by atoms with Crippen molar-refractivity contribution in [3.8, 4) is 22.5 Å². The van der Waals surface area contributed by atoms with E-state index in [1.54, 1.807) is 28.8 Å². The first-order chi connectivity index (χ1) is 18.0. The Labute approximate surface area is 220 Å². The molecule has 8 nitrogen and oxygen atoms in total. The lowest BCUT2D eigenvalue weighted by molar-refractivity contribution is 0.0954. The Kier molecular flexibility index (Phi) is 9.11. The molecule has 0 atom stereocenters. The predicted octanol–water partition coefficient (Wildman–Crippen LogP) is 3.99. The second kappa shape index (κ2) is 12.7. The molecular formula is C28H32ClN5O3. The van der Waals surface area contributed by atoms with Gasteiger partial charge in [0.15, 0.2) is 0 Å². The van der Waals surface area contributed by atoms with Crippen molar-refractivity contribution in [3.05, 3.63) is 81.7 Å². The minimum absolute atomic E-state index is 0.0614. The summed E-state index contributed by atoms with van der Waals surface area (Å²) >= 11 is 6.05. The fraction of sp³-hybridized carbons (Fsp3) is 0.321. The van der Waals surface area contributed by atoms with Gasteiger partial charge in [-0.05, 0) is 36.2 Å². The van der Waals surface area contributed by atoms with Gasteiger partial charge in [-0.2, -0.15) is 0 Å². The number of aryl methyl sites for hydroxylation is 1. The van der Waals surface area contributed by atoms with E-state index in [0.717, 1.165) is 36.1 Å². The topological polar surface area (TPSA) is 101 Å². The molecule has 37 heavy (non-hydrogen) atoms. The minimum atomic E-state index is -0.172. The molecule has 0 aliphatic carbocycles. The molecule has 1 amide bonds. The third kappa shape index (κ3) is 6.46. The molecule has 0 radical (unpaired) electrons. The second-order valence-electron chi connectivity index (χ2n) is 8.84. The Bertz CT molecular complexity index is 1390. The summed E-state index contributed by atoms with van der Waals surface area (Å²) in [7, 11) is 0. The van der Waals surface area contributed by atoms with Crippen molar-refractivity contribution >= 4 is 23.3 Å². The lowest BCUT2D eigenvalue weighted by Crippen LogP contribution is -2.32. The van der Waals surface area contributed by atoms with E-state index in [1.165, 1.54) is 0 Å². The van der Waals surface area contributed by atoms with Crippen molar-refractivity contribution in [1.82, 2.24) is 24.6 Å². The highest BCUT2D eigenvalue weighted by atomic mass is 35.5. The van der Waals surface area contributed by atoms with E-state index in [9.17, 15) is 9.59 Å². The van der Waals surface area contributed by atoms with Crippen LogP contribution < -0.4 is 16.2 Å². The highest BCUT2D eigenvalue weighted by Crippen LogP contribution is 2.25. The molecule has 4 aromatic rings. The number of amides is 1. The fourth-order valence-electron chi connectivity index (χ4n) is 4.20. The lowest BCUT2D eigenvalue weighted by atomic mass is 10.1. The molecule has 0 aliphatic rings. The molecular weight excluding hydrogens is 490 g/mol. The zero-order valence-corrected chi connectivity index (χ0v) is 21.7. The molecule has 0 saturated carbocycles. The average Bonchev–Trinajstić information content (AvgIpc) is 3.36. The molecule has 2 aromatic carbocycles. The smallest absolute Gasteiger partial charge is 0.259 e. The Hall–Kier alpha value is -3.46. The van der Waals surface area contributed by atoms with Crippen LogP contribution in [0.15, 0.2) is 65.6 Å². The van der Waals surface area contributed by atoms with Crippen molar-refractivity contribution in [2.24, 2.45) is 0 Å². The number of nitrogens with one attached hydrogen (secondary N) is 2. The summed E-state index contributed by atoms with van der Waals surface area (Å²) in [6, 6.07) is 16.3. The highest BCUT2D eigenvalue weighted by Gasteiger charge is 2.15.